The van der Waals surface area contributed by atoms with Crippen LogP contribution in [0.4, 0.5) is 5.82 Å². The summed E-state index contributed by atoms with van der Waals surface area (Å²) in [6.45, 7) is 5.42. The van der Waals surface area contributed by atoms with Gasteiger partial charge in [0.2, 0.25) is 15.9 Å². The molecule has 2 heterocycles. The Morgan fingerprint density at radius 3 is 2.50 bits per heavy atom. The second-order valence-electron chi connectivity index (χ2n) is 6.32. The monoisotopic (exact) mass is 378 g/mol. The van der Waals surface area contributed by atoms with Crippen LogP contribution in [-0.2, 0) is 14.8 Å². The van der Waals surface area contributed by atoms with E-state index in [1.54, 1.807) is 38.1 Å². The number of nitrogens with zero attached hydrogens (tertiary/aromatic N) is 3. The fraction of sp³-hybridized carbons (Fsp3) is 0.412. The van der Waals surface area contributed by atoms with Gasteiger partial charge in [0.05, 0.1) is 11.4 Å². The molecule has 0 spiro atoms. The molecule has 1 aliphatic heterocycles. The molecule has 0 aliphatic carbocycles. The number of hydrogen-bond acceptors (Lipinski definition) is 6. The largest absolute Gasteiger partial charge is 0.360 e. The topological polar surface area (TPSA) is 95.8 Å². The summed E-state index contributed by atoms with van der Waals surface area (Å²) in [7, 11) is -3.51. The average molecular weight is 378 g/mol. The van der Waals surface area contributed by atoms with Gasteiger partial charge in [0.1, 0.15) is 5.76 Å². The number of aromatic nitrogens is 1. The standard InChI is InChI=1S/C17H22N4O4S/c1-13-5-3-4-6-15(13)26(23,24)21-9-7-20(8-10-21)12-17(22)18-16-11-14(2)25-19-16/h3-6,11H,7-10,12H2,1-2H3,(H,18,19,22). The van der Waals surface area contributed by atoms with Crippen molar-refractivity contribution < 1.29 is 17.7 Å². The molecule has 0 unspecified atom stereocenters. The van der Waals surface area contributed by atoms with E-state index < -0.39 is 10.0 Å². The van der Waals surface area contributed by atoms with Crippen LogP contribution < -0.4 is 5.32 Å². The molecule has 8 nitrogen and oxygen atoms in total. The van der Waals surface area contributed by atoms with Crippen LogP contribution in [0.5, 0.6) is 0 Å². The lowest BCUT2D eigenvalue weighted by atomic mass is 10.2. The first kappa shape index (κ1) is 18.6. The van der Waals surface area contributed by atoms with Gasteiger partial charge >= 0.3 is 0 Å². The number of amides is 1. The number of carbonyl (C=O) groups excluding carboxylic acids is 1. The highest BCUT2D eigenvalue weighted by Crippen LogP contribution is 2.20. The zero-order valence-corrected chi connectivity index (χ0v) is 15.6. The lowest BCUT2D eigenvalue weighted by Crippen LogP contribution is -2.50. The van der Waals surface area contributed by atoms with E-state index in [9.17, 15) is 13.2 Å². The molecular formula is C17H22N4O4S. The van der Waals surface area contributed by atoms with Crippen molar-refractivity contribution in [1.82, 2.24) is 14.4 Å². The maximum absolute atomic E-state index is 12.8. The first-order valence-corrected chi connectivity index (χ1v) is 9.81. The fourth-order valence-corrected chi connectivity index (χ4v) is 4.57. The first-order valence-electron chi connectivity index (χ1n) is 8.37. The van der Waals surface area contributed by atoms with Crippen molar-refractivity contribution in [3.63, 3.8) is 0 Å². The minimum Gasteiger partial charge on any atom is -0.360 e. The van der Waals surface area contributed by atoms with Crippen LogP contribution in [0.1, 0.15) is 11.3 Å². The molecule has 140 valence electrons. The third-order valence-corrected chi connectivity index (χ3v) is 6.36. The van der Waals surface area contributed by atoms with Crippen LogP contribution in [0.15, 0.2) is 39.8 Å². The van der Waals surface area contributed by atoms with Crippen molar-refractivity contribution in [2.45, 2.75) is 18.7 Å². The Bertz CT molecular complexity index is 886. The number of aryl methyl sites for hydroxylation is 2. The van der Waals surface area contributed by atoms with Crippen LogP contribution >= 0.6 is 0 Å². The highest BCUT2D eigenvalue weighted by atomic mass is 32.2. The van der Waals surface area contributed by atoms with E-state index in [-0.39, 0.29) is 12.5 Å². The minimum absolute atomic E-state index is 0.185. The molecule has 1 aromatic carbocycles. The Morgan fingerprint density at radius 1 is 1.19 bits per heavy atom. The molecule has 26 heavy (non-hydrogen) atoms. The van der Waals surface area contributed by atoms with Crippen LogP contribution in [0.2, 0.25) is 0 Å². The van der Waals surface area contributed by atoms with Crippen molar-refractivity contribution in [2.75, 3.05) is 38.0 Å². The zero-order valence-electron chi connectivity index (χ0n) is 14.8. The predicted octanol–water partition coefficient (Wildman–Crippen LogP) is 1.24. The highest BCUT2D eigenvalue weighted by molar-refractivity contribution is 7.89. The molecule has 1 fully saturated rings. The number of hydrogen-bond donors (Lipinski definition) is 1. The molecule has 0 radical (unpaired) electrons. The molecular weight excluding hydrogens is 356 g/mol. The van der Waals surface area contributed by atoms with Crippen LogP contribution in [-0.4, -0.2) is 61.4 Å². The zero-order chi connectivity index (χ0) is 18.7. The Labute approximate surface area is 152 Å². The number of carbonyl (C=O) groups is 1. The molecule has 1 aliphatic rings. The van der Waals surface area contributed by atoms with Gasteiger partial charge in [-0.25, -0.2) is 8.42 Å². The van der Waals surface area contributed by atoms with E-state index in [0.717, 1.165) is 5.56 Å². The van der Waals surface area contributed by atoms with Crippen molar-refractivity contribution >= 4 is 21.7 Å². The summed E-state index contributed by atoms with van der Waals surface area (Å²) < 4.78 is 32.0. The molecule has 1 aromatic heterocycles. The number of anilines is 1. The summed E-state index contributed by atoms with van der Waals surface area (Å²) in [6, 6.07) is 8.61. The fourth-order valence-electron chi connectivity index (χ4n) is 2.92. The van der Waals surface area contributed by atoms with E-state index in [2.05, 4.69) is 10.5 Å². The van der Waals surface area contributed by atoms with Gasteiger partial charge in [-0.2, -0.15) is 4.31 Å². The summed E-state index contributed by atoms with van der Waals surface area (Å²) in [5, 5.41) is 6.39. The van der Waals surface area contributed by atoms with E-state index in [0.29, 0.717) is 42.7 Å². The lowest BCUT2D eigenvalue weighted by molar-refractivity contribution is -0.117. The Morgan fingerprint density at radius 2 is 1.88 bits per heavy atom. The van der Waals surface area contributed by atoms with Crippen molar-refractivity contribution in [3.8, 4) is 0 Å². The Hall–Kier alpha value is -2.23. The van der Waals surface area contributed by atoms with Gasteiger partial charge in [-0.15, -0.1) is 0 Å². The van der Waals surface area contributed by atoms with Gasteiger partial charge in [-0.1, -0.05) is 23.4 Å². The third kappa shape index (κ3) is 4.12. The number of sulfonamides is 1. The van der Waals surface area contributed by atoms with E-state index >= 15 is 0 Å². The summed E-state index contributed by atoms with van der Waals surface area (Å²) >= 11 is 0. The van der Waals surface area contributed by atoms with Crippen molar-refractivity contribution in [3.05, 3.63) is 41.7 Å². The lowest BCUT2D eigenvalue weighted by Gasteiger charge is -2.33. The van der Waals surface area contributed by atoms with Gasteiger partial charge in [-0.05, 0) is 25.5 Å². The van der Waals surface area contributed by atoms with Crippen LogP contribution in [0.25, 0.3) is 0 Å². The van der Waals surface area contributed by atoms with Gasteiger partial charge in [0.15, 0.2) is 5.82 Å². The maximum Gasteiger partial charge on any atom is 0.243 e. The third-order valence-electron chi connectivity index (χ3n) is 4.31. The molecule has 1 saturated heterocycles. The molecule has 1 N–H and O–H groups in total. The molecule has 0 saturated carbocycles. The van der Waals surface area contributed by atoms with Gasteiger partial charge in [-0.3, -0.25) is 9.69 Å². The molecule has 0 bridgehead atoms. The van der Waals surface area contributed by atoms with E-state index in [1.165, 1.54) is 4.31 Å². The van der Waals surface area contributed by atoms with Crippen molar-refractivity contribution in [2.24, 2.45) is 0 Å². The molecule has 1 amide bonds. The smallest absolute Gasteiger partial charge is 0.243 e. The van der Waals surface area contributed by atoms with Gasteiger partial charge in [0, 0.05) is 32.2 Å². The molecule has 3 rings (SSSR count). The first-order chi connectivity index (χ1) is 12.4. The minimum atomic E-state index is -3.51. The van der Waals surface area contributed by atoms with Gasteiger partial charge in [0.25, 0.3) is 0 Å². The SMILES string of the molecule is Cc1cc(NC(=O)CN2CCN(S(=O)(=O)c3ccccc3C)CC2)no1. The number of benzene rings is 1. The summed E-state index contributed by atoms with van der Waals surface area (Å²) in [4.78, 5) is 14.3. The normalized spacial score (nSPS) is 16.5. The Balaban J connectivity index is 1.55. The summed E-state index contributed by atoms with van der Waals surface area (Å²) in [6.07, 6.45) is 0. The molecule has 9 heteroatoms. The van der Waals surface area contributed by atoms with E-state index in [4.69, 9.17) is 4.52 Å². The summed E-state index contributed by atoms with van der Waals surface area (Å²) in [5.41, 5.74) is 0.734. The Kier molecular flexibility index (Phi) is 5.40. The second kappa shape index (κ2) is 7.56. The highest BCUT2D eigenvalue weighted by Gasteiger charge is 2.29. The van der Waals surface area contributed by atoms with Gasteiger partial charge < -0.3 is 9.84 Å². The quantitative estimate of drug-likeness (QED) is 0.841. The predicted molar refractivity (Wildman–Crippen MR) is 96.2 cm³/mol. The number of rotatable bonds is 5. The van der Waals surface area contributed by atoms with Crippen molar-refractivity contribution in [1.29, 1.82) is 0 Å². The van der Waals surface area contributed by atoms with Crippen LogP contribution in [0.3, 0.4) is 0 Å². The average Bonchev–Trinajstić information content (AvgIpc) is 3.00. The van der Waals surface area contributed by atoms with E-state index in [1.807, 2.05) is 11.0 Å². The summed E-state index contributed by atoms with van der Waals surface area (Å²) in [5.74, 6) is 0.803. The molecule has 2 aromatic rings. The second-order valence-corrected chi connectivity index (χ2v) is 8.22. The number of nitrogens with one attached hydrogen (secondary N) is 1. The molecule has 0 atom stereocenters. The maximum atomic E-state index is 12.8. The number of piperazine rings is 1. The van der Waals surface area contributed by atoms with Crippen LogP contribution in [0, 0.1) is 13.8 Å².